The van der Waals surface area contributed by atoms with Crippen LogP contribution in [0.4, 0.5) is 11.6 Å². The molecule has 0 aliphatic carbocycles. The van der Waals surface area contributed by atoms with Crippen molar-refractivity contribution in [2.45, 2.75) is 6.54 Å². The second-order valence-electron chi connectivity index (χ2n) is 9.44. The van der Waals surface area contributed by atoms with Gasteiger partial charge in [0.2, 0.25) is 11.9 Å². The van der Waals surface area contributed by atoms with Crippen LogP contribution in [0, 0.1) is 11.3 Å². The van der Waals surface area contributed by atoms with Crippen molar-refractivity contribution >= 4 is 28.6 Å². The minimum absolute atomic E-state index is 0.0833. The standard InChI is InChI=1S/C28H28N8O2/c29-17-21-3-4-25(24(16-21)23-18-31-28(32-19-23)35-12-14-38-15-13-35)33-8-10-34(11-9-33)26(37)20-36-7-5-22-2-1-6-30-27(22)36/h1-7,16,18-19H,8-15,20H2. The molecule has 4 aromatic rings. The van der Waals surface area contributed by atoms with Crippen LogP contribution in [-0.2, 0) is 16.1 Å². The first kappa shape index (κ1) is 23.9. The molecule has 0 radical (unpaired) electrons. The summed E-state index contributed by atoms with van der Waals surface area (Å²) in [6.07, 6.45) is 7.32. The van der Waals surface area contributed by atoms with Gasteiger partial charge >= 0.3 is 0 Å². The summed E-state index contributed by atoms with van der Waals surface area (Å²) in [6, 6.07) is 13.8. The van der Waals surface area contributed by atoms with Gasteiger partial charge in [0.05, 0.1) is 24.8 Å². The number of hydrogen-bond acceptors (Lipinski definition) is 8. The largest absolute Gasteiger partial charge is 0.378 e. The smallest absolute Gasteiger partial charge is 0.242 e. The van der Waals surface area contributed by atoms with Gasteiger partial charge in [-0.3, -0.25) is 4.79 Å². The average Bonchev–Trinajstić information content (AvgIpc) is 3.40. The van der Waals surface area contributed by atoms with Crippen molar-refractivity contribution in [3.05, 3.63) is 66.7 Å². The predicted octanol–water partition coefficient (Wildman–Crippen LogP) is 2.55. The SMILES string of the molecule is N#Cc1ccc(N2CCN(C(=O)Cn3ccc4cccnc43)CC2)c(-c2cnc(N3CCOCC3)nc2)c1. The van der Waals surface area contributed by atoms with Crippen molar-refractivity contribution in [1.29, 1.82) is 5.26 Å². The molecule has 0 unspecified atom stereocenters. The highest BCUT2D eigenvalue weighted by Crippen LogP contribution is 2.32. The minimum Gasteiger partial charge on any atom is -0.378 e. The van der Waals surface area contributed by atoms with E-state index in [-0.39, 0.29) is 12.5 Å². The third-order valence-electron chi connectivity index (χ3n) is 7.17. The third kappa shape index (κ3) is 4.76. The quantitative estimate of drug-likeness (QED) is 0.405. The lowest BCUT2D eigenvalue weighted by atomic mass is 10.0. The first-order valence-corrected chi connectivity index (χ1v) is 12.8. The molecule has 1 amide bonds. The predicted molar refractivity (Wildman–Crippen MR) is 144 cm³/mol. The van der Waals surface area contributed by atoms with Crippen LogP contribution in [0.3, 0.4) is 0 Å². The summed E-state index contributed by atoms with van der Waals surface area (Å²) < 4.78 is 7.33. The number of aromatic nitrogens is 4. The molecule has 10 heteroatoms. The summed E-state index contributed by atoms with van der Waals surface area (Å²) >= 11 is 0. The number of morpholine rings is 1. The average molecular weight is 509 g/mol. The summed E-state index contributed by atoms with van der Waals surface area (Å²) in [4.78, 5) is 33.0. The normalized spacial score (nSPS) is 16.0. The molecule has 0 bridgehead atoms. The summed E-state index contributed by atoms with van der Waals surface area (Å²) in [5, 5.41) is 10.6. The maximum absolute atomic E-state index is 13.1. The highest BCUT2D eigenvalue weighted by atomic mass is 16.5. The summed E-state index contributed by atoms with van der Waals surface area (Å²) in [6.45, 7) is 5.80. The first-order chi connectivity index (χ1) is 18.7. The zero-order chi connectivity index (χ0) is 25.9. The molecule has 192 valence electrons. The van der Waals surface area contributed by atoms with Crippen LogP contribution in [0.1, 0.15) is 5.56 Å². The molecule has 2 aliphatic rings. The molecule has 2 aliphatic heterocycles. The molecule has 2 saturated heterocycles. The number of nitrogens with zero attached hydrogens (tertiary/aromatic N) is 8. The Bertz CT molecular complexity index is 1480. The number of carbonyl (C=O) groups excluding carboxylic acids is 1. The van der Waals surface area contributed by atoms with Gasteiger partial charge in [-0.15, -0.1) is 0 Å². The number of nitriles is 1. The van der Waals surface area contributed by atoms with E-state index >= 15 is 0 Å². The van der Waals surface area contributed by atoms with Crippen molar-refractivity contribution in [3.63, 3.8) is 0 Å². The van der Waals surface area contributed by atoms with E-state index in [0.717, 1.165) is 40.9 Å². The van der Waals surface area contributed by atoms with Gasteiger partial charge in [0, 0.05) is 86.3 Å². The summed E-state index contributed by atoms with van der Waals surface area (Å²) in [7, 11) is 0. The lowest BCUT2D eigenvalue weighted by Gasteiger charge is -2.37. The topological polar surface area (TPSA) is 103 Å². The molecular weight excluding hydrogens is 480 g/mol. The number of benzene rings is 1. The Morgan fingerprint density at radius 1 is 0.947 bits per heavy atom. The molecule has 0 saturated carbocycles. The van der Waals surface area contributed by atoms with Crippen LogP contribution >= 0.6 is 0 Å². The van der Waals surface area contributed by atoms with Crippen LogP contribution in [0.15, 0.2) is 61.2 Å². The number of amides is 1. The monoisotopic (exact) mass is 508 g/mol. The van der Waals surface area contributed by atoms with Gasteiger partial charge < -0.3 is 24.0 Å². The van der Waals surface area contributed by atoms with Crippen molar-refractivity contribution in [3.8, 4) is 17.2 Å². The molecule has 0 N–H and O–H groups in total. The van der Waals surface area contributed by atoms with Crippen LogP contribution in [0.25, 0.3) is 22.2 Å². The molecule has 6 rings (SSSR count). The maximum Gasteiger partial charge on any atom is 0.242 e. The number of carbonyl (C=O) groups is 1. The van der Waals surface area contributed by atoms with Crippen LogP contribution in [0.2, 0.25) is 0 Å². The zero-order valence-electron chi connectivity index (χ0n) is 21.0. The number of fused-ring (bicyclic) bond motifs is 1. The van der Waals surface area contributed by atoms with Gasteiger partial charge in [-0.1, -0.05) is 0 Å². The van der Waals surface area contributed by atoms with E-state index in [9.17, 15) is 10.1 Å². The second-order valence-corrected chi connectivity index (χ2v) is 9.44. The third-order valence-corrected chi connectivity index (χ3v) is 7.17. The first-order valence-electron chi connectivity index (χ1n) is 12.8. The van der Waals surface area contributed by atoms with Crippen LogP contribution in [-0.4, -0.2) is 82.8 Å². The number of hydrogen-bond donors (Lipinski definition) is 0. The summed E-state index contributed by atoms with van der Waals surface area (Å²) in [5.41, 5.74) is 4.20. The van der Waals surface area contributed by atoms with E-state index in [1.165, 1.54) is 0 Å². The van der Waals surface area contributed by atoms with Gasteiger partial charge in [-0.2, -0.15) is 5.26 Å². The van der Waals surface area contributed by atoms with Crippen LogP contribution < -0.4 is 9.80 Å². The van der Waals surface area contributed by atoms with Crippen LogP contribution in [0.5, 0.6) is 0 Å². The number of anilines is 2. The van der Waals surface area contributed by atoms with Gasteiger partial charge in [0.1, 0.15) is 12.2 Å². The van der Waals surface area contributed by atoms with E-state index in [4.69, 9.17) is 4.74 Å². The minimum atomic E-state index is 0.0833. The Morgan fingerprint density at radius 2 is 1.74 bits per heavy atom. The number of pyridine rings is 1. The fraction of sp³-hybridized carbons (Fsp3) is 0.321. The second kappa shape index (κ2) is 10.5. The number of piperazine rings is 1. The van der Waals surface area contributed by atoms with Gasteiger partial charge in [0.25, 0.3) is 0 Å². The highest BCUT2D eigenvalue weighted by molar-refractivity contribution is 5.82. The van der Waals surface area contributed by atoms with E-state index in [1.54, 1.807) is 6.20 Å². The summed E-state index contributed by atoms with van der Waals surface area (Å²) in [5.74, 6) is 0.771. The fourth-order valence-corrected chi connectivity index (χ4v) is 5.09. The Balaban J connectivity index is 1.16. The molecular formula is C28H28N8O2. The van der Waals surface area contributed by atoms with E-state index in [0.29, 0.717) is 50.9 Å². The Kier molecular flexibility index (Phi) is 6.58. The Labute approximate surface area is 220 Å². The number of rotatable bonds is 5. The lowest BCUT2D eigenvalue weighted by Crippen LogP contribution is -2.49. The van der Waals surface area contributed by atoms with Crippen molar-refractivity contribution in [2.24, 2.45) is 0 Å². The lowest BCUT2D eigenvalue weighted by molar-refractivity contribution is -0.132. The van der Waals surface area contributed by atoms with Gasteiger partial charge in [0.15, 0.2) is 0 Å². The molecule has 1 aromatic carbocycles. The van der Waals surface area contributed by atoms with E-state index < -0.39 is 0 Å². The zero-order valence-corrected chi connectivity index (χ0v) is 21.0. The number of ether oxygens (including phenoxy) is 1. The maximum atomic E-state index is 13.1. The molecule has 0 spiro atoms. The Morgan fingerprint density at radius 3 is 2.50 bits per heavy atom. The molecule has 0 atom stereocenters. The van der Waals surface area contributed by atoms with Crippen molar-refractivity contribution < 1.29 is 9.53 Å². The van der Waals surface area contributed by atoms with Crippen molar-refractivity contribution in [1.82, 2.24) is 24.4 Å². The fourth-order valence-electron chi connectivity index (χ4n) is 5.09. The molecule has 5 heterocycles. The van der Waals surface area contributed by atoms with Gasteiger partial charge in [-0.25, -0.2) is 15.0 Å². The Hall–Kier alpha value is -4.49. The molecule has 38 heavy (non-hydrogen) atoms. The molecule has 2 fully saturated rings. The van der Waals surface area contributed by atoms with Gasteiger partial charge in [-0.05, 0) is 36.4 Å². The molecule has 3 aromatic heterocycles. The van der Waals surface area contributed by atoms with E-state index in [2.05, 4.69) is 30.8 Å². The highest BCUT2D eigenvalue weighted by Gasteiger charge is 2.24. The molecule has 10 nitrogen and oxygen atoms in total. The van der Waals surface area contributed by atoms with Crippen molar-refractivity contribution in [2.75, 3.05) is 62.3 Å². The van der Waals surface area contributed by atoms with E-state index in [1.807, 2.05) is 64.5 Å².